The molecule has 0 unspecified atom stereocenters. The molecule has 1 saturated heterocycles. The fourth-order valence-corrected chi connectivity index (χ4v) is 3.96. The van der Waals surface area contributed by atoms with E-state index in [1.165, 1.54) is 38.5 Å². The number of hydrogen-bond acceptors (Lipinski definition) is 3. The van der Waals surface area contributed by atoms with Crippen LogP contribution >= 0.6 is 0 Å². The van der Waals surface area contributed by atoms with Gasteiger partial charge in [-0.1, -0.05) is 32.1 Å². The number of carbonyl (C=O) groups is 2. The first-order chi connectivity index (χ1) is 10.1. The maximum Gasteiger partial charge on any atom is 0.310 e. The van der Waals surface area contributed by atoms with E-state index in [9.17, 15) is 9.59 Å². The minimum absolute atomic E-state index is 0.0812. The summed E-state index contributed by atoms with van der Waals surface area (Å²) in [6.45, 7) is 5.22. The maximum absolute atomic E-state index is 12.0. The molecule has 1 saturated carbocycles. The lowest BCUT2D eigenvalue weighted by Crippen LogP contribution is -2.46. The van der Waals surface area contributed by atoms with Crippen LogP contribution in [0.5, 0.6) is 0 Å². The third-order valence-electron chi connectivity index (χ3n) is 4.99. The number of rotatable bonds is 4. The first-order valence-electron chi connectivity index (χ1n) is 8.52. The monoisotopic (exact) mass is 295 g/mol. The number of hydrogen-bond donors (Lipinski definition) is 0. The molecule has 0 aromatic rings. The molecule has 4 nitrogen and oxygen atoms in total. The van der Waals surface area contributed by atoms with Gasteiger partial charge < -0.3 is 9.64 Å². The van der Waals surface area contributed by atoms with Gasteiger partial charge >= 0.3 is 5.97 Å². The highest BCUT2D eigenvalue weighted by molar-refractivity contribution is 5.76. The fraction of sp³-hybridized carbons (Fsp3) is 0.882. The van der Waals surface area contributed by atoms with Crippen molar-refractivity contribution in [2.75, 3.05) is 19.7 Å². The minimum atomic E-state index is -0.129. The average molecular weight is 295 g/mol. The van der Waals surface area contributed by atoms with E-state index in [0.717, 1.165) is 18.9 Å². The summed E-state index contributed by atoms with van der Waals surface area (Å²) in [5, 5.41) is 0. The molecule has 120 valence electrons. The van der Waals surface area contributed by atoms with Gasteiger partial charge in [0.25, 0.3) is 0 Å². The van der Waals surface area contributed by atoms with Gasteiger partial charge in [-0.15, -0.1) is 0 Å². The summed E-state index contributed by atoms with van der Waals surface area (Å²) in [4.78, 5) is 25.6. The Labute approximate surface area is 128 Å². The summed E-state index contributed by atoms with van der Waals surface area (Å²) in [6.07, 6.45) is 8.75. The lowest BCUT2D eigenvalue weighted by atomic mass is 9.78. The second kappa shape index (κ2) is 7.81. The maximum atomic E-state index is 12.0. The van der Waals surface area contributed by atoms with E-state index in [4.69, 9.17) is 4.74 Å². The number of nitrogens with zero attached hydrogens (tertiary/aromatic N) is 1. The molecule has 2 fully saturated rings. The Balaban J connectivity index is 1.95. The standard InChI is InChI=1S/C17H29NO3/c1-3-21-17(20)16-10-15(11-18(12-16)13(2)19)9-14-7-5-4-6-8-14/h14-16H,3-12H2,1-2H3/t15-,16+/m0/s1. The highest BCUT2D eigenvalue weighted by Gasteiger charge is 2.34. The van der Waals surface area contributed by atoms with Crippen molar-refractivity contribution in [1.29, 1.82) is 0 Å². The SMILES string of the molecule is CCOC(=O)[C@@H]1C[C@H](CC2CCCCC2)CN(C(C)=O)C1. The molecule has 1 amide bonds. The van der Waals surface area contributed by atoms with Crippen LogP contribution in [0, 0.1) is 17.8 Å². The van der Waals surface area contributed by atoms with Crippen molar-refractivity contribution in [3.63, 3.8) is 0 Å². The third-order valence-corrected chi connectivity index (χ3v) is 4.99. The van der Waals surface area contributed by atoms with E-state index in [-0.39, 0.29) is 17.8 Å². The molecule has 0 aromatic heterocycles. The average Bonchev–Trinajstić information content (AvgIpc) is 2.48. The molecule has 0 spiro atoms. The van der Waals surface area contributed by atoms with Crippen LogP contribution in [-0.2, 0) is 14.3 Å². The van der Waals surface area contributed by atoms with E-state index < -0.39 is 0 Å². The highest BCUT2D eigenvalue weighted by atomic mass is 16.5. The molecule has 1 aliphatic carbocycles. The summed E-state index contributed by atoms with van der Waals surface area (Å²) in [6, 6.07) is 0. The van der Waals surface area contributed by atoms with Gasteiger partial charge in [-0.25, -0.2) is 0 Å². The van der Waals surface area contributed by atoms with Crippen LogP contribution < -0.4 is 0 Å². The molecule has 2 rings (SSSR count). The van der Waals surface area contributed by atoms with Gasteiger partial charge in [-0.3, -0.25) is 9.59 Å². The topological polar surface area (TPSA) is 46.6 Å². The molecular formula is C17H29NO3. The number of esters is 1. The van der Waals surface area contributed by atoms with Crippen LogP contribution in [0.25, 0.3) is 0 Å². The lowest BCUT2D eigenvalue weighted by Gasteiger charge is -2.38. The second-order valence-electron chi connectivity index (χ2n) is 6.71. The van der Waals surface area contributed by atoms with Crippen molar-refractivity contribution in [3.8, 4) is 0 Å². The Bertz CT molecular complexity index is 363. The Morgan fingerprint density at radius 3 is 2.43 bits per heavy atom. The van der Waals surface area contributed by atoms with Crippen LogP contribution in [0.15, 0.2) is 0 Å². The van der Waals surface area contributed by atoms with Crippen LogP contribution in [0.2, 0.25) is 0 Å². The van der Waals surface area contributed by atoms with Crippen LogP contribution in [-0.4, -0.2) is 36.5 Å². The summed E-state index contributed by atoms with van der Waals surface area (Å²) in [5.41, 5.74) is 0. The molecule has 4 heteroatoms. The molecule has 0 N–H and O–H groups in total. The first kappa shape index (κ1) is 16.3. The number of ether oxygens (including phenoxy) is 1. The molecule has 0 aromatic carbocycles. The van der Waals surface area contributed by atoms with Gasteiger partial charge in [0, 0.05) is 20.0 Å². The largest absolute Gasteiger partial charge is 0.466 e. The fourth-order valence-electron chi connectivity index (χ4n) is 3.96. The highest BCUT2D eigenvalue weighted by Crippen LogP contribution is 2.34. The molecule has 1 heterocycles. The van der Waals surface area contributed by atoms with E-state index in [1.54, 1.807) is 6.92 Å². The van der Waals surface area contributed by atoms with Crippen molar-refractivity contribution < 1.29 is 14.3 Å². The van der Waals surface area contributed by atoms with Crippen LogP contribution in [0.4, 0.5) is 0 Å². The minimum Gasteiger partial charge on any atom is -0.466 e. The summed E-state index contributed by atoms with van der Waals surface area (Å²) >= 11 is 0. The van der Waals surface area contributed by atoms with Crippen LogP contribution in [0.1, 0.15) is 58.8 Å². The first-order valence-corrected chi connectivity index (χ1v) is 8.52. The molecule has 0 bridgehead atoms. The predicted octanol–water partition coefficient (Wildman–Crippen LogP) is 3.00. The zero-order valence-electron chi connectivity index (χ0n) is 13.5. The summed E-state index contributed by atoms with van der Waals surface area (Å²) < 4.78 is 5.17. The number of amides is 1. The van der Waals surface area contributed by atoms with E-state index in [2.05, 4.69) is 0 Å². The van der Waals surface area contributed by atoms with E-state index >= 15 is 0 Å². The van der Waals surface area contributed by atoms with E-state index in [0.29, 0.717) is 19.1 Å². The number of carbonyl (C=O) groups excluding carboxylic acids is 2. The Morgan fingerprint density at radius 1 is 1.10 bits per heavy atom. The second-order valence-corrected chi connectivity index (χ2v) is 6.71. The molecule has 21 heavy (non-hydrogen) atoms. The number of piperidine rings is 1. The molecule has 2 atom stereocenters. The van der Waals surface area contributed by atoms with Crippen molar-refractivity contribution in [2.24, 2.45) is 17.8 Å². The predicted molar refractivity (Wildman–Crippen MR) is 81.7 cm³/mol. The van der Waals surface area contributed by atoms with Crippen molar-refractivity contribution in [1.82, 2.24) is 4.90 Å². The normalized spacial score (nSPS) is 27.4. The van der Waals surface area contributed by atoms with Gasteiger partial charge in [0.1, 0.15) is 0 Å². The van der Waals surface area contributed by atoms with Gasteiger partial charge in [0.05, 0.1) is 12.5 Å². The van der Waals surface area contributed by atoms with Gasteiger partial charge in [-0.05, 0) is 31.6 Å². The Hall–Kier alpha value is -1.06. The van der Waals surface area contributed by atoms with E-state index in [1.807, 2.05) is 11.8 Å². The Kier molecular flexibility index (Phi) is 6.07. The third kappa shape index (κ3) is 4.72. The van der Waals surface area contributed by atoms with Crippen molar-refractivity contribution in [2.45, 2.75) is 58.8 Å². The quantitative estimate of drug-likeness (QED) is 0.749. The molecular weight excluding hydrogens is 266 g/mol. The van der Waals surface area contributed by atoms with Gasteiger partial charge in [0.2, 0.25) is 5.91 Å². The molecule has 2 aliphatic rings. The zero-order chi connectivity index (χ0) is 15.2. The van der Waals surface area contributed by atoms with Gasteiger partial charge in [-0.2, -0.15) is 0 Å². The summed E-state index contributed by atoms with van der Waals surface area (Å²) in [5.74, 6) is 1.07. The van der Waals surface area contributed by atoms with Gasteiger partial charge in [0.15, 0.2) is 0 Å². The summed E-state index contributed by atoms with van der Waals surface area (Å²) in [7, 11) is 0. The molecule has 0 radical (unpaired) electrons. The van der Waals surface area contributed by atoms with Crippen molar-refractivity contribution in [3.05, 3.63) is 0 Å². The lowest BCUT2D eigenvalue weighted by molar-refractivity contribution is -0.152. The number of likely N-dealkylation sites (tertiary alicyclic amines) is 1. The van der Waals surface area contributed by atoms with Crippen LogP contribution in [0.3, 0.4) is 0 Å². The Morgan fingerprint density at radius 2 is 1.81 bits per heavy atom. The smallest absolute Gasteiger partial charge is 0.310 e. The zero-order valence-corrected chi connectivity index (χ0v) is 13.5. The molecule has 1 aliphatic heterocycles. The van der Waals surface area contributed by atoms with Crippen molar-refractivity contribution >= 4 is 11.9 Å².